The molecule has 45 heavy (non-hydrogen) atoms. The van der Waals surface area contributed by atoms with Crippen LogP contribution in [-0.4, -0.2) is 67.1 Å². The molecule has 0 aliphatic carbocycles. The maximum Gasteiger partial charge on any atom is 0.253 e. The molecule has 2 fully saturated rings. The summed E-state index contributed by atoms with van der Waals surface area (Å²) in [6.45, 7) is 2.96. The van der Waals surface area contributed by atoms with Crippen LogP contribution >= 0.6 is 0 Å². The van der Waals surface area contributed by atoms with Gasteiger partial charge in [0.25, 0.3) is 11.8 Å². The molecular weight excluding hydrogens is 560 g/mol. The number of rotatable bonds is 4. The molecule has 0 bridgehead atoms. The molecule has 0 radical (unpaired) electrons. The van der Waals surface area contributed by atoms with Crippen LogP contribution in [0.5, 0.6) is 0 Å². The van der Waals surface area contributed by atoms with Crippen molar-refractivity contribution in [1.82, 2.24) is 29.2 Å². The molecule has 1 N–H and O–H groups in total. The predicted molar refractivity (Wildman–Crippen MR) is 175 cm³/mol. The van der Waals surface area contributed by atoms with Gasteiger partial charge in [-0.25, -0.2) is 9.97 Å². The van der Waals surface area contributed by atoms with Crippen LogP contribution < -0.4 is 0 Å². The minimum absolute atomic E-state index is 0.0703. The Bertz CT molecular complexity index is 1830. The topological polar surface area (TPSA) is 86.6 Å². The highest BCUT2D eigenvalue weighted by molar-refractivity contribution is 5.96. The van der Waals surface area contributed by atoms with Gasteiger partial charge in [0, 0.05) is 60.8 Å². The zero-order valence-corrected chi connectivity index (χ0v) is 25.0. The standard InChI is InChI=1S/C37H34N6O2/c44-35(28-9-5-7-26(23-28)32-25-43-18-4-3-13-33(43)38-32)41-19-14-37(15-20-41)16-21-42(22-17-37)36(45)29-10-6-8-27(24-29)34-39-30-11-1-2-12-31(30)40-34/h1-13,18,23-25H,14-17,19-22H2,(H,39,40). The number of nitrogens with one attached hydrogen (secondary N) is 1. The number of pyridine rings is 1. The molecule has 2 aliphatic rings. The van der Waals surface area contributed by atoms with Gasteiger partial charge in [-0.05, 0) is 79.6 Å². The first-order valence-corrected chi connectivity index (χ1v) is 15.7. The third-order valence-electron chi connectivity index (χ3n) is 9.76. The highest BCUT2D eigenvalue weighted by Crippen LogP contribution is 2.42. The van der Waals surface area contributed by atoms with Gasteiger partial charge in [0.2, 0.25) is 0 Å². The number of H-pyrrole nitrogens is 1. The lowest BCUT2D eigenvalue weighted by atomic mass is 9.71. The lowest BCUT2D eigenvalue weighted by molar-refractivity contribution is 0.0280. The fourth-order valence-electron chi connectivity index (χ4n) is 7.01. The van der Waals surface area contributed by atoms with E-state index in [-0.39, 0.29) is 17.2 Å². The van der Waals surface area contributed by atoms with Crippen LogP contribution in [0.15, 0.2) is 103 Å². The molecule has 3 aromatic heterocycles. The number of benzene rings is 3. The lowest BCUT2D eigenvalue weighted by Gasteiger charge is -2.47. The number of nitrogens with zero attached hydrogens (tertiary/aromatic N) is 5. The summed E-state index contributed by atoms with van der Waals surface area (Å²) in [7, 11) is 0. The van der Waals surface area contributed by atoms with E-state index >= 15 is 0 Å². The molecule has 6 aromatic rings. The first kappa shape index (κ1) is 27.3. The van der Waals surface area contributed by atoms with Crippen LogP contribution in [0.25, 0.3) is 39.3 Å². The molecule has 8 heteroatoms. The number of piperidine rings is 2. The Morgan fingerprint density at radius 3 is 1.96 bits per heavy atom. The summed E-state index contributed by atoms with van der Waals surface area (Å²) in [5.41, 5.74) is 7.06. The monoisotopic (exact) mass is 594 g/mol. The van der Waals surface area contributed by atoms with Crippen molar-refractivity contribution in [2.75, 3.05) is 26.2 Å². The largest absolute Gasteiger partial charge is 0.339 e. The van der Waals surface area contributed by atoms with E-state index in [1.54, 1.807) is 0 Å². The van der Waals surface area contributed by atoms with E-state index < -0.39 is 0 Å². The third kappa shape index (κ3) is 5.16. The van der Waals surface area contributed by atoms with Crippen LogP contribution in [0.1, 0.15) is 46.4 Å². The number of carbonyl (C=O) groups is 2. The summed E-state index contributed by atoms with van der Waals surface area (Å²) in [5, 5.41) is 0. The van der Waals surface area contributed by atoms with Crippen molar-refractivity contribution < 1.29 is 9.59 Å². The van der Waals surface area contributed by atoms with Gasteiger partial charge in [0.1, 0.15) is 11.5 Å². The van der Waals surface area contributed by atoms with Gasteiger partial charge in [-0.3, -0.25) is 9.59 Å². The number of fused-ring (bicyclic) bond motifs is 2. The van der Waals surface area contributed by atoms with Crippen molar-refractivity contribution in [3.05, 3.63) is 115 Å². The van der Waals surface area contributed by atoms with Gasteiger partial charge in [0.15, 0.2) is 0 Å². The van der Waals surface area contributed by atoms with Crippen molar-refractivity contribution in [1.29, 1.82) is 0 Å². The molecule has 8 nitrogen and oxygen atoms in total. The third-order valence-corrected chi connectivity index (χ3v) is 9.76. The number of imidazole rings is 2. The molecule has 0 atom stereocenters. The van der Waals surface area contributed by atoms with Crippen molar-refractivity contribution in [3.63, 3.8) is 0 Å². The van der Waals surface area contributed by atoms with Gasteiger partial charge in [-0.2, -0.15) is 0 Å². The summed E-state index contributed by atoms with van der Waals surface area (Å²) in [6.07, 6.45) is 7.84. The number of hydrogen-bond acceptors (Lipinski definition) is 4. The number of aromatic amines is 1. The number of hydrogen-bond donors (Lipinski definition) is 1. The van der Waals surface area contributed by atoms with Gasteiger partial charge in [-0.1, -0.05) is 42.5 Å². The first-order valence-electron chi connectivity index (χ1n) is 15.7. The highest BCUT2D eigenvalue weighted by Gasteiger charge is 2.39. The zero-order valence-electron chi connectivity index (χ0n) is 25.0. The van der Waals surface area contributed by atoms with E-state index in [4.69, 9.17) is 9.97 Å². The Labute approximate surface area is 261 Å². The summed E-state index contributed by atoms with van der Waals surface area (Å²) < 4.78 is 1.99. The van der Waals surface area contributed by atoms with Crippen LogP contribution in [-0.2, 0) is 0 Å². The average molecular weight is 595 g/mol. The molecule has 5 heterocycles. The minimum atomic E-state index is 0.0703. The molecule has 1 spiro atoms. The molecule has 2 aliphatic heterocycles. The second kappa shape index (κ2) is 11.0. The summed E-state index contributed by atoms with van der Waals surface area (Å²) in [4.78, 5) is 43.9. The Morgan fingerprint density at radius 1 is 0.667 bits per heavy atom. The van der Waals surface area contributed by atoms with E-state index in [1.165, 1.54) is 0 Å². The Kier molecular flexibility index (Phi) is 6.70. The molecule has 2 saturated heterocycles. The number of amides is 2. The smallest absolute Gasteiger partial charge is 0.253 e. The number of likely N-dealkylation sites (tertiary alicyclic amines) is 2. The van der Waals surface area contributed by atoms with E-state index in [1.807, 2.05) is 118 Å². The average Bonchev–Trinajstić information content (AvgIpc) is 3.74. The summed E-state index contributed by atoms with van der Waals surface area (Å²) in [6, 6.07) is 29.4. The zero-order chi connectivity index (χ0) is 30.4. The van der Waals surface area contributed by atoms with Crippen molar-refractivity contribution in [2.45, 2.75) is 25.7 Å². The van der Waals surface area contributed by atoms with Crippen molar-refractivity contribution in [2.24, 2.45) is 5.41 Å². The van der Waals surface area contributed by atoms with Crippen LogP contribution in [0.2, 0.25) is 0 Å². The van der Waals surface area contributed by atoms with Gasteiger partial charge < -0.3 is 19.2 Å². The van der Waals surface area contributed by atoms with Gasteiger partial charge >= 0.3 is 0 Å². The van der Waals surface area contributed by atoms with Crippen LogP contribution in [0, 0.1) is 5.41 Å². The van der Waals surface area contributed by atoms with Crippen molar-refractivity contribution in [3.8, 4) is 22.6 Å². The Balaban J connectivity index is 0.894. The Hall–Kier alpha value is -5.24. The van der Waals surface area contributed by atoms with E-state index in [2.05, 4.69) is 4.98 Å². The SMILES string of the molecule is O=C(c1cccc(-c2cn3ccccc3n2)c1)N1CCC2(CC1)CCN(C(=O)c1cccc(-c3nc4ccccc4[nH]3)c1)CC2. The van der Waals surface area contributed by atoms with E-state index in [0.717, 1.165) is 91.2 Å². The normalized spacial score (nSPS) is 16.4. The molecule has 2 amide bonds. The van der Waals surface area contributed by atoms with Crippen LogP contribution in [0.3, 0.4) is 0 Å². The second-order valence-corrected chi connectivity index (χ2v) is 12.4. The fraction of sp³-hybridized carbons (Fsp3) is 0.243. The quantitative estimate of drug-likeness (QED) is 0.246. The fourth-order valence-corrected chi connectivity index (χ4v) is 7.01. The maximum absolute atomic E-state index is 13.5. The lowest BCUT2D eigenvalue weighted by Crippen LogP contribution is -2.49. The molecule has 0 saturated carbocycles. The molecule has 224 valence electrons. The summed E-state index contributed by atoms with van der Waals surface area (Å²) >= 11 is 0. The maximum atomic E-state index is 13.5. The molecule has 8 rings (SSSR count). The van der Waals surface area contributed by atoms with Crippen LogP contribution in [0.4, 0.5) is 0 Å². The highest BCUT2D eigenvalue weighted by atomic mass is 16.2. The number of para-hydroxylation sites is 2. The molecular formula is C37H34N6O2. The first-order chi connectivity index (χ1) is 22.0. The summed E-state index contributed by atoms with van der Waals surface area (Å²) in [5.74, 6) is 0.917. The number of carbonyl (C=O) groups excluding carboxylic acids is 2. The van der Waals surface area contributed by atoms with Gasteiger partial charge in [-0.15, -0.1) is 0 Å². The minimum Gasteiger partial charge on any atom is -0.339 e. The predicted octanol–water partition coefficient (Wildman–Crippen LogP) is 6.70. The molecule has 3 aromatic carbocycles. The van der Waals surface area contributed by atoms with E-state index in [9.17, 15) is 9.59 Å². The second-order valence-electron chi connectivity index (χ2n) is 12.4. The molecule has 0 unspecified atom stereocenters. The van der Waals surface area contributed by atoms with Crippen molar-refractivity contribution >= 4 is 28.5 Å². The van der Waals surface area contributed by atoms with Gasteiger partial charge in [0.05, 0.1) is 16.7 Å². The Morgan fingerprint density at radius 2 is 1.29 bits per heavy atom. The number of aromatic nitrogens is 4. The van der Waals surface area contributed by atoms with E-state index in [0.29, 0.717) is 11.1 Å².